The summed E-state index contributed by atoms with van der Waals surface area (Å²) in [5.74, 6) is 0.723. The number of methoxy groups -OCH3 is 1. The number of hydrogen-bond acceptors (Lipinski definition) is 6. The van der Waals surface area contributed by atoms with Crippen molar-refractivity contribution < 1.29 is 9.53 Å². The number of ether oxygens (including phenoxy) is 1. The number of aromatic nitrogens is 5. The maximum atomic E-state index is 12.0. The summed E-state index contributed by atoms with van der Waals surface area (Å²) in [5.41, 5.74) is 1.35. The molecule has 0 radical (unpaired) electrons. The predicted molar refractivity (Wildman–Crippen MR) is 91.8 cm³/mol. The summed E-state index contributed by atoms with van der Waals surface area (Å²) >= 11 is 0. The summed E-state index contributed by atoms with van der Waals surface area (Å²) in [6.07, 6.45) is 12.6. The SMILES string of the molecule is COc1ncc(-c2cn(CC(=O)NCCC3CCCCC3)nn2)cn1. The Morgan fingerprint density at radius 2 is 2.04 bits per heavy atom. The third-order valence-corrected chi connectivity index (χ3v) is 4.55. The van der Waals surface area contributed by atoms with E-state index >= 15 is 0 Å². The minimum Gasteiger partial charge on any atom is -0.467 e. The van der Waals surface area contributed by atoms with E-state index in [0.717, 1.165) is 24.4 Å². The summed E-state index contributed by atoms with van der Waals surface area (Å²) in [4.78, 5) is 20.1. The van der Waals surface area contributed by atoms with E-state index in [4.69, 9.17) is 4.74 Å². The second kappa shape index (κ2) is 8.55. The molecule has 1 N–H and O–H groups in total. The lowest BCUT2D eigenvalue weighted by molar-refractivity contribution is -0.121. The van der Waals surface area contributed by atoms with Crippen molar-refractivity contribution in [3.05, 3.63) is 18.6 Å². The van der Waals surface area contributed by atoms with Gasteiger partial charge >= 0.3 is 6.01 Å². The average molecular weight is 344 g/mol. The van der Waals surface area contributed by atoms with Crippen LogP contribution in [0.25, 0.3) is 11.3 Å². The lowest BCUT2D eigenvalue weighted by Gasteiger charge is -2.21. The van der Waals surface area contributed by atoms with Gasteiger partial charge in [-0.2, -0.15) is 0 Å². The fraction of sp³-hybridized carbons (Fsp3) is 0.588. The van der Waals surface area contributed by atoms with Crippen LogP contribution in [0.15, 0.2) is 18.6 Å². The molecule has 0 spiro atoms. The maximum Gasteiger partial charge on any atom is 0.316 e. The van der Waals surface area contributed by atoms with Crippen molar-refractivity contribution in [1.29, 1.82) is 0 Å². The van der Waals surface area contributed by atoms with Crippen LogP contribution < -0.4 is 10.1 Å². The molecule has 25 heavy (non-hydrogen) atoms. The molecule has 0 aromatic carbocycles. The molecule has 134 valence electrons. The Bertz CT molecular complexity index is 679. The van der Waals surface area contributed by atoms with Gasteiger partial charge in [0.1, 0.15) is 12.2 Å². The Labute approximate surface area is 147 Å². The molecule has 0 aliphatic heterocycles. The van der Waals surface area contributed by atoms with Gasteiger partial charge in [-0.15, -0.1) is 5.10 Å². The van der Waals surface area contributed by atoms with Crippen molar-refractivity contribution in [2.75, 3.05) is 13.7 Å². The number of carbonyl (C=O) groups excluding carboxylic acids is 1. The predicted octanol–water partition coefficient (Wildman–Crippen LogP) is 1.83. The Hall–Kier alpha value is -2.51. The number of rotatable bonds is 7. The van der Waals surface area contributed by atoms with Crippen molar-refractivity contribution in [3.63, 3.8) is 0 Å². The van der Waals surface area contributed by atoms with E-state index in [9.17, 15) is 4.79 Å². The second-order valence-corrected chi connectivity index (χ2v) is 6.40. The summed E-state index contributed by atoms with van der Waals surface area (Å²) in [6, 6.07) is 0.300. The van der Waals surface area contributed by atoms with Crippen LogP contribution in [0.1, 0.15) is 38.5 Å². The first-order valence-corrected chi connectivity index (χ1v) is 8.78. The Morgan fingerprint density at radius 3 is 2.76 bits per heavy atom. The van der Waals surface area contributed by atoms with Gasteiger partial charge in [0.15, 0.2) is 0 Å². The molecule has 1 saturated carbocycles. The zero-order chi connectivity index (χ0) is 17.5. The van der Waals surface area contributed by atoms with E-state index < -0.39 is 0 Å². The summed E-state index contributed by atoms with van der Waals surface area (Å²) in [7, 11) is 1.51. The van der Waals surface area contributed by atoms with Crippen LogP contribution in [0.3, 0.4) is 0 Å². The van der Waals surface area contributed by atoms with E-state index in [1.54, 1.807) is 18.6 Å². The van der Waals surface area contributed by atoms with E-state index in [0.29, 0.717) is 11.7 Å². The summed E-state index contributed by atoms with van der Waals surface area (Å²) in [5, 5.41) is 11.0. The van der Waals surface area contributed by atoms with Crippen molar-refractivity contribution >= 4 is 5.91 Å². The molecule has 1 fully saturated rings. The van der Waals surface area contributed by atoms with E-state index in [1.807, 2.05) is 0 Å². The van der Waals surface area contributed by atoms with Gasteiger partial charge in [-0.25, -0.2) is 14.6 Å². The van der Waals surface area contributed by atoms with Crippen LogP contribution >= 0.6 is 0 Å². The van der Waals surface area contributed by atoms with Gasteiger partial charge in [0.05, 0.1) is 13.3 Å². The lowest BCUT2D eigenvalue weighted by Crippen LogP contribution is -2.30. The van der Waals surface area contributed by atoms with Gasteiger partial charge in [-0.05, 0) is 12.3 Å². The van der Waals surface area contributed by atoms with Gasteiger partial charge in [0.25, 0.3) is 0 Å². The lowest BCUT2D eigenvalue weighted by atomic mass is 9.87. The first-order chi connectivity index (χ1) is 12.2. The van der Waals surface area contributed by atoms with Crippen molar-refractivity contribution in [2.24, 2.45) is 5.92 Å². The summed E-state index contributed by atoms with van der Waals surface area (Å²) < 4.78 is 6.45. The Kier molecular flexibility index (Phi) is 5.92. The van der Waals surface area contributed by atoms with Gasteiger partial charge in [-0.1, -0.05) is 37.3 Å². The van der Waals surface area contributed by atoms with Gasteiger partial charge < -0.3 is 10.1 Å². The number of carbonyl (C=O) groups is 1. The summed E-state index contributed by atoms with van der Waals surface area (Å²) in [6.45, 7) is 0.895. The smallest absolute Gasteiger partial charge is 0.316 e. The number of hydrogen-bond donors (Lipinski definition) is 1. The van der Waals surface area contributed by atoms with Crippen LogP contribution in [0.2, 0.25) is 0 Å². The Morgan fingerprint density at radius 1 is 1.28 bits per heavy atom. The first-order valence-electron chi connectivity index (χ1n) is 8.78. The molecule has 1 aliphatic rings. The molecular formula is C17H24N6O2. The van der Waals surface area contributed by atoms with E-state index in [2.05, 4.69) is 25.6 Å². The zero-order valence-electron chi connectivity index (χ0n) is 14.5. The molecule has 0 atom stereocenters. The van der Waals surface area contributed by atoms with E-state index in [1.165, 1.54) is 43.9 Å². The number of amides is 1. The largest absolute Gasteiger partial charge is 0.467 e. The van der Waals surface area contributed by atoms with Crippen LogP contribution in [-0.2, 0) is 11.3 Å². The minimum atomic E-state index is -0.0433. The van der Waals surface area contributed by atoms with Crippen LogP contribution in [0, 0.1) is 5.92 Å². The quantitative estimate of drug-likeness (QED) is 0.823. The highest BCUT2D eigenvalue weighted by molar-refractivity contribution is 5.75. The highest BCUT2D eigenvalue weighted by Gasteiger charge is 2.14. The second-order valence-electron chi connectivity index (χ2n) is 6.40. The molecule has 2 aromatic heterocycles. The molecule has 1 amide bonds. The molecule has 0 bridgehead atoms. The first kappa shape index (κ1) is 17.3. The average Bonchev–Trinajstić information content (AvgIpc) is 3.11. The van der Waals surface area contributed by atoms with Crippen LogP contribution in [0.5, 0.6) is 6.01 Å². The van der Waals surface area contributed by atoms with Crippen LogP contribution in [-0.4, -0.2) is 44.5 Å². The number of nitrogens with zero attached hydrogens (tertiary/aromatic N) is 5. The standard InChI is InChI=1S/C17H24N6O2/c1-25-17-19-9-14(10-20-17)15-11-23(22-21-15)12-16(24)18-8-7-13-5-3-2-4-6-13/h9-11,13H,2-8,12H2,1H3,(H,18,24). The third-order valence-electron chi connectivity index (χ3n) is 4.55. The topological polar surface area (TPSA) is 94.8 Å². The molecular weight excluding hydrogens is 320 g/mol. The molecule has 3 rings (SSSR count). The fourth-order valence-corrected chi connectivity index (χ4v) is 3.16. The minimum absolute atomic E-state index is 0.0433. The van der Waals surface area contributed by atoms with Gasteiger partial charge in [-0.3, -0.25) is 4.79 Å². The molecule has 8 nitrogen and oxygen atoms in total. The normalized spacial score (nSPS) is 15.1. The van der Waals surface area contributed by atoms with Crippen LogP contribution in [0.4, 0.5) is 0 Å². The molecule has 0 saturated heterocycles. The highest BCUT2D eigenvalue weighted by Crippen LogP contribution is 2.25. The Balaban J connectivity index is 1.46. The molecule has 2 aromatic rings. The maximum absolute atomic E-state index is 12.0. The van der Waals surface area contributed by atoms with Gasteiger partial charge in [0.2, 0.25) is 5.91 Å². The third kappa shape index (κ3) is 4.98. The molecule has 8 heteroatoms. The van der Waals surface area contributed by atoms with Crippen molar-refractivity contribution in [1.82, 2.24) is 30.3 Å². The monoisotopic (exact) mass is 344 g/mol. The zero-order valence-corrected chi connectivity index (χ0v) is 14.5. The number of nitrogens with one attached hydrogen (secondary N) is 1. The molecule has 2 heterocycles. The molecule has 1 aliphatic carbocycles. The molecule has 0 unspecified atom stereocenters. The van der Waals surface area contributed by atoms with Crippen molar-refractivity contribution in [2.45, 2.75) is 45.1 Å². The fourth-order valence-electron chi connectivity index (χ4n) is 3.16. The highest BCUT2D eigenvalue weighted by atomic mass is 16.5. The van der Waals surface area contributed by atoms with Gasteiger partial charge in [0, 0.05) is 24.5 Å². The van der Waals surface area contributed by atoms with E-state index in [-0.39, 0.29) is 12.5 Å². The van der Waals surface area contributed by atoms with Crippen molar-refractivity contribution in [3.8, 4) is 17.3 Å².